The van der Waals surface area contributed by atoms with Crippen LogP contribution < -0.4 is 9.47 Å². The van der Waals surface area contributed by atoms with Crippen LogP contribution in [0.5, 0.6) is 17.2 Å². The van der Waals surface area contributed by atoms with Crippen LogP contribution in [-0.2, 0) is 9.53 Å². The average Bonchev–Trinajstić information content (AvgIpc) is 3.40. The number of carbonyl (C=O) groups excluding carboxylic acids is 3. The van der Waals surface area contributed by atoms with Gasteiger partial charge in [0.05, 0.1) is 19.8 Å². The molecule has 0 fully saturated rings. The number of rotatable bonds is 10. The Kier molecular flexibility index (Phi) is 8.50. The zero-order valence-electron chi connectivity index (χ0n) is 21.7. The summed E-state index contributed by atoms with van der Waals surface area (Å²) in [4.78, 5) is 38.7. The van der Waals surface area contributed by atoms with Crippen molar-refractivity contribution >= 4 is 29.3 Å². The molecule has 202 valence electrons. The molecule has 4 rings (SSSR count). The van der Waals surface area contributed by atoms with Crippen LogP contribution in [0, 0.1) is 0 Å². The van der Waals surface area contributed by atoms with E-state index in [0.717, 1.165) is 23.4 Å². The minimum Gasteiger partial charge on any atom is -0.507 e. The van der Waals surface area contributed by atoms with Crippen LogP contribution in [0.25, 0.3) is 11.5 Å². The Bertz CT molecular complexity index is 1490. The van der Waals surface area contributed by atoms with Gasteiger partial charge in [0.25, 0.3) is 5.22 Å². The number of phenols is 1. The molecule has 3 aromatic rings. The first kappa shape index (κ1) is 27.6. The Morgan fingerprint density at radius 1 is 1.10 bits per heavy atom. The topological polar surface area (TPSA) is 138 Å². The van der Waals surface area contributed by atoms with Gasteiger partial charge in [0.1, 0.15) is 17.6 Å². The number of allylic oxidation sites excluding steroid dienone is 2. The molecule has 0 unspecified atom stereocenters. The summed E-state index contributed by atoms with van der Waals surface area (Å²) in [6.07, 6.45) is 2.14. The third kappa shape index (κ3) is 6.20. The summed E-state index contributed by atoms with van der Waals surface area (Å²) in [6, 6.07) is 9.42. The molecule has 0 bridgehead atoms. The smallest absolute Gasteiger partial charge is 0.317 e. The number of hydrogen-bond acceptors (Lipinski definition) is 11. The average molecular weight is 551 g/mol. The van der Waals surface area contributed by atoms with Gasteiger partial charge >= 0.3 is 5.97 Å². The van der Waals surface area contributed by atoms with E-state index >= 15 is 0 Å². The molecule has 1 aliphatic carbocycles. The van der Waals surface area contributed by atoms with Crippen LogP contribution in [0.15, 0.2) is 69.3 Å². The van der Waals surface area contributed by atoms with Crippen molar-refractivity contribution in [1.82, 2.24) is 10.2 Å². The number of ether oxygens (including phenoxy) is 3. The highest BCUT2D eigenvalue weighted by molar-refractivity contribution is 7.99. The van der Waals surface area contributed by atoms with Crippen molar-refractivity contribution in [2.45, 2.75) is 31.6 Å². The summed E-state index contributed by atoms with van der Waals surface area (Å²) < 4.78 is 21.8. The highest BCUT2D eigenvalue weighted by Crippen LogP contribution is 2.33. The van der Waals surface area contributed by atoms with Crippen molar-refractivity contribution in [3.05, 3.63) is 70.8 Å². The number of aromatic hydroxyl groups is 1. The Labute approximate surface area is 228 Å². The van der Waals surface area contributed by atoms with Gasteiger partial charge in [0.2, 0.25) is 5.89 Å². The van der Waals surface area contributed by atoms with Gasteiger partial charge < -0.3 is 23.7 Å². The Morgan fingerprint density at radius 2 is 1.87 bits per heavy atom. The van der Waals surface area contributed by atoms with Crippen molar-refractivity contribution < 1.29 is 38.1 Å². The lowest BCUT2D eigenvalue weighted by atomic mass is 9.85. The number of ketones is 2. The molecule has 0 aliphatic heterocycles. The SMILES string of the molecule is COc1ccc(-c2nnc(SCC(=O)O[C@H](CC=C(C)C)C3=CC(=O)c4c(O)cccc4C3=O)o2)cc1OC. The van der Waals surface area contributed by atoms with Crippen LogP contribution in [0.2, 0.25) is 0 Å². The summed E-state index contributed by atoms with van der Waals surface area (Å²) in [6.45, 7) is 3.74. The first-order chi connectivity index (χ1) is 18.7. The monoisotopic (exact) mass is 550 g/mol. The number of aromatic nitrogens is 2. The fourth-order valence-electron chi connectivity index (χ4n) is 3.91. The zero-order chi connectivity index (χ0) is 28.1. The molecule has 0 saturated carbocycles. The normalized spacial score (nSPS) is 13.3. The summed E-state index contributed by atoms with van der Waals surface area (Å²) >= 11 is 0.976. The van der Waals surface area contributed by atoms with E-state index in [-0.39, 0.29) is 45.7 Å². The molecule has 39 heavy (non-hydrogen) atoms. The number of benzene rings is 2. The predicted octanol–water partition coefficient (Wildman–Crippen LogP) is 4.83. The maximum absolute atomic E-state index is 13.2. The third-order valence-corrected chi connectivity index (χ3v) is 6.59. The van der Waals surface area contributed by atoms with Crippen LogP contribution in [0.4, 0.5) is 0 Å². The zero-order valence-corrected chi connectivity index (χ0v) is 22.5. The summed E-state index contributed by atoms with van der Waals surface area (Å²) in [7, 11) is 3.05. The second-order valence-electron chi connectivity index (χ2n) is 8.72. The summed E-state index contributed by atoms with van der Waals surface area (Å²) in [5, 5.41) is 18.2. The Morgan fingerprint density at radius 3 is 2.59 bits per heavy atom. The predicted molar refractivity (Wildman–Crippen MR) is 142 cm³/mol. The number of fused-ring (bicyclic) bond motifs is 1. The van der Waals surface area contributed by atoms with Crippen molar-refractivity contribution in [1.29, 1.82) is 0 Å². The van der Waals surface area contributed by atoms with E-state index in [9.17, 15) is 19.5 Å². The lowest BCUT2D eigenvalue weighted by Gasteiger charge is -2.23. The van der Waals surface area contributed by atoms with Gasteiger partial charge in [-0.3, -0.25) is 14.4 Å². The van der Waals surface area contributed by atoms with Gasteiger partial charge in [-0.05, 0) is 44.2 Å². The maximum atomic E-state index is 13.2. The lowest BCUT2D eigenvalue weighted by Crippen LogP contribution is -2.29. The fourth-order valence-corrected chi connectivity index (χ4v) is 4.46. The largest absolute Gasteiger partial charge is 0.507 e. The van der Waals surface area contributed by atoms with E-state index < -0.39 is 23.6 Å². The summed E-state index contributed by atoms with van der Waals surface area (Å²) in [5.41, 5.74) is 1.61. The quantitative estimate of drug-likeness (QED) is 0.211. The van der Waals surface area contributed by atoms with Gasteiger partial charge in [0.15, 0.2) is 23.1 Å². The highest BCUT2D eigenvalue weighted by atomic mass is 32.2. The molecule has 1 aliphatic rings. The van der Waals surface area contributed by atoms with E-state index in [0.29, 0.717) is 17.1 Å². The molecule has 1 N–H and O–H groups in total. The number of hydrogen-bond donors (Lipinski definition) is 1. The van der Waals surface area contributed by atoms with Crippen LogP contribution in [-0.4, -0.2) is 58.9 Å². The van der Waals surface area contributed by atoms with Crippen molar-refractivity contribution in [2.75, 3.05) is 20.0 Å². The van der Waals surface area contributed by atoms with E-state index in [4.69, 9.17) is 18.6 Å². The number of nitrogens with zero attached hydrogens (tertiary/aromatic N) is 2. The Hall–Kier alpha value is -4.38. The molecule has 11 heteroatoms. The highest BCUT2D eigenvalue weighted by Gasteiger charge is 2.33. The standard InChI is InChI=1S/C28H26N2O8S/c1-15(2)8-10-21(18-13-20(32)25-17(26(18)34)6-5-7-19(25)31)37-24(33)14-39-28-30-29-27(38-28)16-9-11-22(35-3)23(12-16)36-4/h5-9,11-13,21,31H,10,14H2,1-4H3/t21-/m1/s1. The third-order valence-electron chi connectivity index (χ3n) is 5.79. The Balaban J connectivity index is 1.47. The second-order valence-corrected chi connectivity index (χ2v) is 9.65. The molecule has 0 spiro atoms. The number of carbonyl (C=O) groups is 3. The molecule has 2 aromatic carbocycles. The van der Waals surface area contributed by atoms with Crippen molar-refractivity contribution in [3.63, 3.8) is 0 Å². The van der Waals surface area contributed by atoms with Crippen molar-refractivity contribution in [2.24, 2.45) is 0 Å². The second kappa shape index (κ2) is 12.0. The minimum atomic E-state index is -0.995. The van der Waals surface area contributed by atoms with E-state index in [2.05, 4.69) is 10.2 Å². The molecular weight excluding hydrogens is 524 g/mol. The number of esters is 1. The maximum Gasteiger partial charge on any atom is 0.317 e. The van der Waals surface area contributed by atoms with Gasteiger partial charge in [-0.2, -0.15) is 0 Å². The lowest BCUT2D eigenvalue weighted by molar-refractivity contribution is -0.143. The number of thioether (sulfide) groups is 1. The fraction of sp³-hybridized carbons (Fsp3) is 0.250. The van der Waals surface area contributed by atoms with E-state index in [1.54, 1.807) is 18.2 Å². The molecule has 0 saturated heterocycles. The van der Waals surface area contributed by atoms with Crippen LogP contribution in [0.1, 0.15) is 41.0 Å². The molecule has 0 radical (unpaired) electrons. The molecule has 1 heterocycles. The van der Waals surface area contributed by atoms with Gasteiger partial charge in [0, 0.05) is 23.1 Å². The number of phenolic OH excluding ortho intramolecular Hbond substituents is 1. The first-order valence-electron chi connectivity index (χ1n) is 11.9. The van der Waals surface area contributed by atoms with Gasteiger partial charge in [-0.1, -0.05) is 35.5 Å². The first-order valence-corrected chi connectivity index (χ1v) is 12.8. The van der Waals surface area contributed by atoms with Crippen molar-refractivity contribution in [3.8, 4) is 28.7 Å². The van der Waals surface area contributed by atoms with E-state index in [1.807, 2.05) is 19.9 Å². The minimum absolute atomic E-state index is 0.0440. The van der Waals surface area contributed by atoms with Gasteiger partial charge in [-0.15, -0.1) is 10.2 Å². The molecule has 1 atom stereocenters. The number of Topliss-reactive ketones (excluding diaryl/α,β-unsaturated/α-hetero) is 1. The molecule has 10 nitrogen and oxygen atoms in total. The van der Waals surface area contributed by atoms with E-state index in [1.165, 1.54) is 32.4 Å². The van der Waals surface area contributed by atoms with Crippen LogP contribution in [0.3, 0.4) is 0 Å². The molecule has 1 aromatic heterocycles. The summed E-state index contributed by atoms with van der Waals surface area (Å²) in [5.74, 6) is -0.824. The molecule has 0 amide bonds. The molecular formula is C28H26N2O8S. The van der Waals surface area contributed by atoms with Crippen LogP contribution >= 0.6 is 11.8 Å². The van der Waals surface area contributed by atoms with Gasteiger partial charge in [-0.25, -0.2) is 0 Å². The number of methoxy groups -OCH3 is 2.